The molecule has 0 saturated carbocycles. The second-order valence-corrected chi connectivity index (χ2v) is 4.55. The van der Waals surface area contributed by atoms with Crippen molar-refractivity contribution in [3.8, 4) is 0 Å². The van der Waals surface area contributed by atoms with Gasteiger partial charge in [-0.2, -0.15) is 5.01 Å². The third-order valence-electron chi connectivity index (χ3n) is 2.22. The Morgan fingerprint density at radius 3 is 3.16 bits per heavy atom. The fourth-order valence-corrected chi connectivity index (χ4v) is 2.12. The number of thioether (sulfide) groups is 1. The van der Waals surface area contributed by atoms with Crippen LogP contribution in [0.2, 0.25) is 0 Å². The first-order valence-electron chi connectivity index (χ1n) is 5.34. The van der Waals surface area contributed by atoms with Crippen molar-refractivity contribution >= 4 is 29.0 Å². The van der Waals surface area contributed by atoms with Crippen LogP contribution in [-0.4, -0.2) is 50.3 Å². The first kappa shape index (κ1) is 13.2. The van der Waals surface area contributed by atoms with Gasteiger partial charge in [0.25, 0.3) is 0 Å². The zero-order valence-electron chi connectivity index (χ0n) is 10.0. The lowest BCUT2D eigenvalue weighted by Crippen LogP contribution is -2.34. The van der Waals surface area contributed by atoms with Crippen molar-refractivity contribution in [2.75, 3.05) is 19.3 Å². The molecule has 0 aliphatic rings. The Kier molecular flexibility index (Phi) is 4.23. The van der Waals surface area contributed by atoms with Crippen molar-refractivity contribution < 1.29 is 4.79 Å². The molecule has 0 fully saturated rings. The van der Waals surface area contributed by atoms with E-state index in [4.69, 9.17) is 0 Å². The predicted molar refractivity (Wildman–Crippen MR) is 69.4 cm³/mol. The van der Waals surface area contributed by atoms with Crippen LogP contribution in [0.15, 0.2) is 23.0 Å². The van der Waals surface area contributed by atoms with E-state index in [0.29, 0.717) is 23.0 Å². The van der Waals surface area contributed by atoms with Crippen molar-refractivity contribution in [2.45, 2.75) is 5.03 Å². The van der Waals surface area contributed by atoms with E-state index in [0.717, 1.165) is 10.5 Å². The molecule has 0 unspecified atom stereocenters. The van der Waals surface area contributed by atoms with E-state index < -0.39 is 6.03 Å². The minimum atomic E-state index is -0.537. The highest BCUT2D eigenvalue weighted by Gasteiger charge is 2.08. The van der Waals surface area contributed by atoms with Gasteiger partial charge in [0.15, 0.2) is 5.65 Å². The molecular formula is C9H11N7O2S. The van der Waals surface area contributed by atoms with E-state index in [9.17, 15) is 9.70 Å². The van der Waals surface area contributed by atoms with Gasteiger partial charge in [0, 0.05) is 19.3 Å². The number of hydrogen-bond acceptors (Lipinski definition) is 7. The Hall–Kier alpha value is -2.23. The van der Waals surface area contributed by atoms with Crippen molar-refractivity contribution in [3.63, 3.8) is 0 Å². The summed E-state index contributed by atoms with van der Waals surface area (Å²) in [7, 11) is 1.29. The van der Waals surface area contributed by atoms with Gasteiger partial charge in [0.05, 0.1) is 11.6 Å². The van der Waals surface area contributed by atoms with Gasteiger partial charge in [-0.05, 0) is 0 Å². The molecule has 0 spiro atoms. The first-order chi connectivity index (χ1) is 9.22. The summed E-state index contributed by atoms with van der Waals surface area (Å²) in [6.45, 7) is 0.392. The second kappa shape index (κ2) is 6.09. The number of H-pyrrole nitrogens is 1. The van der Waals surface area contributed by atoms with Crippen LogP contribution in [0.3, 0.4) is 0 Å². The molecule has 0 aromatic carbocycles. The molecule has 100 valence electrons. The van der Waals surface area contributed by atoms with Gasteiger partial charge in [-0.3, -0.25) is 0 Å². The molecule has 0 radical (unpaired) electrons. The minimum Gasteiger partial charge on any atom is -0.341 e. The Labute approximate surface area is 112 Å². The number of nitrogens with zero attached hydrogens (tertiary/aromatic N) is 5. The maximum Gasteiger partial charge on any atom is 0.340 e. The van der Waals surface area contributed by atoms with Gasteiger partial charge in [-0.15, -0.1) is 16.7 Å². The predicted octanol–water partition coefficient (Wildman–Crippen LogP) is 0.768. The fourth-order valence-electron chi connectivity index (χ4n) is 1.31. The second-order valence-electron chi connectivity index (χ2n) is 3.47. The molecule has 2 amide bonds. The van der Waals surface area contributed by atoms with E-state index >= 15 is 0 Å². The standard InChI is InChI=1S/C9H11N7O2S/c1-16(15-18)9(17)10-2-3-19-8-6-7(12-4-11-6)13-5-14-8/h4-5H,2-3H2,1H3,(H,10,17)(H,11,12,13,14). The molecule has 0 bridgehead atoms. The maximum atomic E-state index is 11.2. The summed E-state index contributed by atoms with van der Waals surface area (Å²) in [6, 6.07) is -0.537. The molecule has 2 heterocycles. The summed E-state index contributed by atoms with van der Waals surface area (Å²) in [4.78, 5) is 36.4. The first-order valence-corrected chi connectivity index (χ1v) is 6.32. The van der Waals surface area contributed by atoms with Crippen LogP contribution in [0.25, 0.3) is 11.2 Å². The molecule has 9 nitrogen and oxygen atoms in total. The van der Waals surface area contributed by atoms with E-state index in [1.165, 1.54) is 25.1 Å². The molecule has 19 heavy (non-hydrogen) atoms. The number of aromatic nitrogens is 4. The lowest BCUT2D eigenvalue weighted by atomic mass is 10.6. The Balaban J connectivity index is 1.85. The monoisotopic (exact) mass is 281 g/mol. The Morgan fingerprint density at radius 1 is 1.53 bits per heavy atom. The van der Waals surface area contributed by atoms with Crippen LogP contribution in [0.5, 0.6) is 0 Å². The molecule has 0 atom stereocenters. The van der Waals surface area contributed by atoms with Crippen molar-refractivity contribution in [2.24, 2.45) is 5.29 Å². The molecule has 2 rings (SSSR count). The number of carbonyl (C=O) groups excluding carboxylic acids is 1. The Morgan fingerprint density at radius 2 is 2.37 bits per heavy atom. The van der Waals surface area contributed by atoms with Gasteiger partial charge in [-0.1, -0.05) is 0 Å². The average molecular weight is 281 g/mol. The van der Waals surface area contributed by atoms with E-state index in [-0.39, 0.29) is 0 Å². The number of aromatic amines is 1. The van der Waals surface area contributed by atoms with Gasteiger partial charge < -0.3 is 10.3 Å². The van der Waals surface area contributed by atoms with Crippen molar-refractivity contribution in [3.05, 3.63) is 17.6 Å². The van der Waals surface area contributed by atoms with Gasteiger partial charge in [0.2, 0.25) is 0 Å². The SMILES string of the molecule is CN(N=O)C(=O)NCCSc1ncnc2nc[nH]c12. The number of rotatable bonds is 5. The number of fused-ring (bicyclic) bond motifs is 1. The summed E-state index contributed by atoms with van der Waals surface area (Å²) in [6.07, 6.45) is 2.99. The summed E-state index contributed by atoms with van der Waals surface area (Å²) >= 11 is 1.45. The number of hydrogen-bond donors (Lipinski definition) is 2. The minimum absolute atomic E-state index is 0.392. The van der Waals surface area contributed by atoms with Gasteiger partial charge in [-0.25, -0.2) is 19.7 Å². The topological polar surface area (TPSA) is 116 Å². The smallest absolute Gasteiger partial charge is 0.340 e. The van der Waals surface area contributed by atoms with E-state index in [1.54, 1.807) is 6.33 Å². The molecule has 2 N–H and O–H groups in total. The number of urea groups is 1. The third kappa shape index (κ3) is 3.16. The molecule has 0 saturated heterocycles. The molecular weight excluding hydrogens is 270 g/mol. The molecule has 2 aromatic heterocycles. The number of nitroso groups, excluding NO2 is 1. The Bertz CT molecular complexity index is 587. The average Bonchev–Trinajstić information content (AvgIpc) is 2.91. The van der Waals surface area contributed by atoms with Crippen molar-refractivity contribution in [1.29, 1.82) is 0 Å². The summed E-state index contributed by atoms with van der Waals surface area (Å²) in [5.74, 6) is 0.601. The lowest BCUT2D eigenvalue weighted by molar-refractivity contribution is 0.211. The van der Waals surface area contributed by atoms with E-state index in [1.807, 2.05) is 0 Å². The van der Waals surface area contributed by atoms with Gasteiger partial charge in [0.1, 0.15) is 16.9 Å². The van der Waals surface area contributed by atoms with E-state index in [2.05, 4.69) is 30.5 Å². The lowest BCUT2D eigenvalue weighted by Gasteiger charge is -2.08. The normalized spacial score (nSPS) is 10.4. The molecule has 2 aromatic rings. The highest BCUT2D eigenvalue weighted by atomic mass is 32.2. The number of imidazole rings is 1. The largest absolute Gasteiger partial charge is 0.341 e. The third-order valence-corrected chi connectivity index (χ3v) is 3.21. The van der Waals surface area contributed by atoms with Crippen LogP contribution in [0.1, 0.15) is 0 Å². The van der Waals surface area contributed by atoms with Crippen LogP contribution in [-0.2, 0) is 0 Å². The van der Waals surface area contributed by atoms with Crippen LogP contribution in [0, 0.1) is 4.91 Å². The van der Waals surface area contributed by atoms with Crippen LogP contribution >= 0.6 is 11.8 Å². The van der Waals surface area contributed by atoms with Crippen molar-refractivity contribution in [1.82, 2.24) is 30.3 Å². The molecule has 10 heteroatoms. The fraction of sp³-hybridized carbons (Fsp3) is 0.333. The number of carbonyl (C=O) groups is 1. The maximum absolute atomic E-state index is 11.2. The number of amides is 2. The highest BCUT2D eigenvalue weighted by molar-refractivity contribution is 7.99. The number of nitrogens with one attached hydrogen (secondary N) is 2. The quantitative estimate of drug-likeness (QED) is 0.275. The summed E-state index contributed by atoms with van der Waals surface area (Å²) in [5.41, 5.74) is 1.37. The van der Waals surface area contributed by atoms with Gasteiger partial charge >= 0.3 is 6.03 Å². The highest BCUT2D eigenvalue weighted by Crippen LogP contribution is 2.20. The summed E-state index contributed by atoms with van der Waals surface area (Å²) < 4.78 is 0. The summed E-state index contributed by atoms with van der Waals surface area (Å²) in [5, 5.41) is 6.50. The van der Waals surface area contributed by atoms with Crippen LogP contribution < -0.4 is 5.32 Å². The molecule has 0 aliphatic heterocycles. The zero-order valence-corrected chi connectivity index (χ0v) is 10.8. The molecule has 0 aliphatic carbocycles. The zero-order chi connectivity index (χ0) is 13.7. The van der Waals surface area contributed by atoms with Crippen LogP contribution in [0.4, 0.5) is 4.79 Å².